The number of ketones is 2. The van der Waals surface area contributed by atoms with Crippen LogP contribution in [-0.2, 0) is 21.5 Å². The molecule has 0 fully saturated rings. The lowest BCUT2D eigenvalue weighted by atomic mass is 9.71. The third-order valence-electron chi connectivity index (χ3n) is 5.66. The molecule has 0 bridgehead atoms. The van der Waals surface area contributed by atoms with Crippen LogP contribution in [0.5, 0.6) is 0 Å². The first-order chi connectivity index (χ1) is 12.0. The van der Waals surface area contributed by atoms with Crippen molar-refractivity contribution in [1.82, 2.24) is 15.0 Å². The summed E-state index contributed by atoms with van der Waals surface area (Å²) in [5, 5.41) is 8.73. The van der Waals surface area contributed by atoms with Crippen LogP contribution in [0, 0.1) is 16.2 Å². The fourth-order valence-corrected chi connectivity index (χ4v) is 4.27. The van der Waals surface area contributed by atoms with Crippen LogP contribution in [0.25, 0.3) is 0 Å². The van der Waals surface area contributed by atoms with E-state index in [1.165, 1.54) is 0 Å². The first kappa shape index (κ1) is 23.5. The van der Waals surface area contributed by atoms with Crippen molar-refractivity contribution in [2.45, 2.75) is 100 Å². The van der Waals surface area contributed by atoms with Gasteiger partial charge in [-0.25, -0.2) is 0 Å². The second-order valence-corrected chi connectivity index (χ2v) is 10.8. The molecule has 0 amide bonds. The number of aromatic nitrogens is 3. The largest absolute Gasteiger partial charge is 0.299 e. The van der Waals surface area contributed by atoms with Crippen molar-refractivity contribution in [2.24, 2.45) is 16.2 Å². The van der Waals surface area contributed by atoms with Gasteiger partial charge in [0.1, 0.15) is 11.6 Å². The van der Waals surface area contributed by atoms with Gasteiger partial charge in [0.25, 0.3) is 0 Å². The molecule has 1 aromatic heterocycles. The minimum absolute atomic E-state index is 0.0813. The Morgan fingerprint density at radius 3 is 2.00 bits per heavy atom. The predicted octanol–water partition coefficient (Wildman–Crippen LogP) is 4.98. The standard InChI is InChI=1S/C22H39N3O2/c1-11-18(27)22(9,10)13-19(3,4)15-25-12-17(23-24-25)21(7,8)14-20(5,6)16(2)26/h12H,11,13-15H2,1-10H3. The highest BCUT2D eigenvalue weighted by atomic mass is 16.1. The van der Waals surface area contributed by atoms with E-state index >= 15 is 0 Å². The van der Waals surface area contributed by atoms with Gasteiger partial charge in [-0.1, -0.05) is 67.5 Å². The fourth-order valence-electron chi connectivity index (χ4n) is 4.27. The Kier molecular flexibility index (Phi) is 6.83. The first-order valence-electron chi connectivity index (χ1n) is 9.97. The van der Waals surface area contributed by atoms with Gasteiger partial charge in [-0.3, -0.25) is 14.3 Å². The number of rotatable bonds is 10. The highest BCUT2D eigenvalue weighted by Gasteiger charge is 2.36. The lowest BCUT2D eigenvalue weighted by Gasteiger charge is -2.34. The summed E-state index contributed by atoms with van der Waals surface area (Å²) in [6.45, 7) is 20.9. The molecule has 0 spiro atoms. The smallest absolute Gasteiger partial charge is 0.138 e. The monoisotopic (exact) mass is 377 g/mol. The summed E-state index contributed by atoms with van der Waals surface area (Å²) in [5.41, 5.74) is -0.155. The predicted molar refractivity (Wildman–Crippen MR) is 110 cm³/mol. The Labute approximate surface area is 165 Å². The van der Waals surface area contributed by atoms with E-state index in [4.69, 9.17) is 0 Å². The minimum atomic E-state index is -0.392. The van der Waals surface area contributed by atoms with Crippen molar-refractivity contribution in [2.75, 3.05) is 0 Å². The van der Waals surface area contributed by atoms with E-state index in [1.54, 1.807) is 6.92 Å². The van der Waals surface area contributed by atoms with Gasteiger partial charge < -0.3 is 0 Å². The van der Waals surface area contributed by atoms with E-state index in [2.05, 4.69) is 38.0 Å². The number of nitrogens with zero attached hydrogens (tertiary/aromatic N) is 3. The summed E-state index contributed by atoms with van der Waals surface area (Å²) in [6, 6.07) is 0. The zero-order chi connectivity index (χ0) is 21.3. The van der Waals surface area contributed by atoms with Crippen molar-refractivity contribution >= 4 is 11.6 Å². The Bertz CT molecular complexity index is 681. The molecule has 0 aliphatic heterocycles. The molecule has 0 saturated carbocycles. The molecule has 0 saturated heterocycles. The average molecular weight is 378 g/mol. The molecule has 1 heterocycles. The summed E-state index contributed by atoms with van der Waals surface area (Å²) >= 11 is 0. The summed E-state index contributed by atoms with van der Waals surface area (Å²) in [7, 11) is 0. The highest BCUT2D eigenvalue weighted by Crippen LogP contribution is 2.38. The quantitative estimate of drug-likeness (QED) is 0.576. The number of hydrogen-bond donors (Lipinski definition) is 0. The average Bonchev–Trinajstić information content (AvgIpc) is 2.92. The molecule has 27 heavy (non-hydrogen) atoms. The molecule has 0 aliphatic carbocycles. The number of carbonyl (C=O) groups is 2. The Hall–Kier alpha value is -1.52. The van der Waals surface area contributed by atoms with Crippen LogP contribution >= 0.6 is 0 Å². The normalized spacial score (nSPS) is 13.7. The molecule has 1 rings (SSSR count). The maximum Gasteiger partial charge on any atom is 0.138 e. The van der Waals surface area contributed by atoms with Gasteiger partial charge in [-0.2, -0.15) is 0 Å². The van der Waals surface area contributed by atoms with Crippen molar-refractivity contribution in [3.8, 4) is 0 Å². The molecule has 1 aromatic rings. The van der Waals surface area contributed by atoms with E-state index in [1.807, 2.05) is 45.5 Å². The SMILES string of the molecule is CCC(=O)C(C)(C)CC(C)(C)Cn1cc(C(C)(C)CC(C)(C)C(C)=O)nn1. The minimum Gasteiger partial charge on any atom is -0.299 e. The van der Waals surface area contributed by atoms with Gasteiger partial charge >= 0.3 is 0 Å². The van der Waals surface area contributed by atoms with E-state index < -0.39 is 5.41 Å². The lowest BCUT2D eigenvalue weighted by molar-refractivity contribution is -0.128. The van der Waals surface area contributed by atoms with Gasteiger partial charge in [-0.05, 0) is 25.2 Å². The van der Waals surface area contributed by atoms with E-state index in [0.717, 1.165) is 18.5 Å². The van der Waals surface area contributed by atoms with Crippen LogP contribution in [0.3, 0.4) is 0 Å². The van der Waals surface area contributed by atoms with Crippen molar-refractivity contribution in [3.05, 3.63) is 11.9 Å². The molecule has 0 radical (unpaired) electrons. The zero-order valence-electron chi connectivity index (χ0n) is 19.1. The summed E-state index contributed by atoms with van der Waals surface area (Å²) < 4.78 is 1.88. The number of hydrogen-bond acceptors (Lipinski definition) is 4. The second kappa shape index (κ2) is 7.84. The highest BCUT2D eigenvalue weighted by molar-refractivity contribution is 5.83. The maximum atomic E-state index is 12.2. The molecule has 154 valence electrons. The second-order valence-electron chi connectivity index (χ2n) is 10.8. The molecule has 0 unspecified atom stereocenters. The molecule has 5 heteroatoms. The van der Waals surface area contributed by atoms with Crippen LogP contribution in [0.15, 0.2) is 6.20 Å². The van der Waals surface area contributed by atoms with Crippen molar-refractivity contribution in [3.63, 3.8) is 0 Å². The van der Waals surface area contributed by atoms with Crippen LogP contribution in [0.2, 0.25) is 0 Å². The van der Waals surface area contributed by atoms with Gasteiger partial charge in [0.2, 0.25) is 0 Å². The molecule has 0 aliphatic rings. The van der Waals surface area contributed by atoms with Gasteiger partial charge in [0.15, 0.2) is 0 Å². The van der Waals surface area contributed by atoms with Gasteiger partial charge in [0, 0.05) is 35.4 Å². The third kappa shape index (κ3) is 6.25. The molecule has 0 N–H and O–H groups in total. The van der Waals surface area contributed by atoms with Crippen LogP contribution in [0.4, 0.5) is 0 Å². The Morgan fingerprint density at radius 1 is 0.963 bits per heavy atom. The lowest BCUT2D eigenvalue weighted by Crippen LogP contribution is -2.33. The molecule has 0 atom stereocenters. The van der Waals surface area contributed by atoms with Crippen LogP contribution in [0.1, 0.15) is 94.2 Å². The van der Waals surface area contributed by atoms with Crippen molar-refractivity contribution in [1.29, 1.82) is 0 Å². The van der Waals surface area contributed by atoms with E-state index in [0.29, 0.717) is 18.7 Å². The molecule has 0 aromatic carbocycles. The summed E-state index contributed by atoms with van der Waals surface area (Å²) in [5.74, 6) is 0.481. The maximum absolute atomic E-state index is 12.2. The zero-order valence-corrected chi connectivity index (χ0v) is 19.1. The first-order valence-corrected chi connectivity index (χ1v) is 9.97. The number of carbonyl (C=O) groups excluding carboxylic acids is 2. The molecular formula is C22H39N3O2. The van der Waals surface area contributed by atoms with E-state index in [-0.39, 0.29) is 22.0 Å². The fraction of sp³-hybridized carbons (Fsp3) is 0.818. The third-order valence-corrected chi connectivity index (χ3v) is 5.66. The van der Waals surface area contributed by atoms with Gasteiger partial charge in [0.05, 0.1) is 5.69 Å². The molecule has 5 nitrogen and oxygen atoms in total. The Balaban J connectivity index is 2.93. The Morgan fingerprint density at radius 2 is 1.52 bits per heavy atom. The van der Waals surface area contributed by atoms with E-state index in [9.17, 15) is 9.59 Å². The summed E-state index contributed by atoms with van der Waals surface area (Å²) in [4.78, 5) is 24.1. The van der Waals surface area contributed by atoms with Crippen LogP contribution < -0.4 is 0 Å². The number of Topliss-reactive ketones (excluding diaryl/α,β-unsaturated/α-hetero) is 2. The summed E-state index contributed by atoms with van der Waals surface area (Å²) in [6.07, 6.45) is 4.07. The molecular weight excluding hydrogens is 338 g/mol. The topological polar surface area (TPSA) is 64.8 Å². The van der Waals surface area contributed by atoms with Crippen LogP contribution in [-0.4, -0.2) is 26.6 Å². The van der Waals surface area contributed by atoms with Gasteiger partial charge in [-0.15, -0.1) is 5.10 Å². The van der Waals surface area contributed by atoms with Crippen molar-refractivity contribution < 1.29 is 9.59 Å².